The fraction of sp³-hybridized carbons (Fsp3) is 0.889. The summed E-state index contributed by atoms with van der Waals surface area (Å²) in [6, 6.07) is 0. The van der Waals surface area contributed by atoms with Crippen molar-refractivity contribution in [3.63, 3.8) is 0 Å². The Morgan fingerprint density at radius 1 is 1.45 bits per heavy atom. The molecule has 1 N–H and O–H groups in total. The fourth-order valence-electron chi connectivity index (χ4n) is 1.15. The zero-order valence-electron chi connectivity index (χ0n) is 7.77. The first-order chi connectivity index (χ1) is 4.90. The van der Waals surface area contributed by atoms with Crippen LogP contribution < -0.4 is 5.32 Å². The monoisotopic (exact) mass is 171 g/mol. The molecule has 1 saturated carbocycles. The van der Waals surface area contributed by atoms with Gasteiger partial charge in [-0.15, -0.1) is 0 Å². The lowest BCUT2D eigenvalue weighted by molar-refractivity contribution is 0.508. The van der Waals surface area contributed by atoms with E-state index < -0.39 is 0 Å². The maximum absolute atomic E-state index is 5.25. The minimum absolute atomic E-state index is 0.138. The first kappa shape index (κ1) is 8.98. The van der Waals surface area contributed by atoms with E-state index in [1.807, 2.05) is 0 Å². The van der Waals surface area contributed by atoms with Crippen molar-refractivity contribution in [3.8, 4) is 0 Å². The van der Waals surface area contributed by atoms with Crippen LogP contribution in [0.5, 0.6) is 0 Å². The molecule has 0 spiro atoms. The molecule has 0 radical (unpaired) electrons. The van der Waals surface area contributed by atoms with Gasteiger partial charge in [0.1, 0.15) is 0 Å². The molecule has 2 heteroatoms. The third-order valence-electron chi connectivity index (χ3n) is 1.94. The Labute approximate surface area is 74.6 Å². The summed E-state index contributed by atoms with van der Waals surface area (Å²) in [5.74, 6) is 1.49. The molecule has 0 saturated heterocycles. The van der Waals surface area contributed by atoms with Gasteiger partial charge in [-0.25, -0.2) is 0 Å². The van der Waals surface area contributed by atoms with Crippen molar-refractivity contribution in [2.45, 2.75) is 39.7 Å². The van der Waals surface area contributed by atoms with Crippen molar-refractivity contribution in [2.24, 2.45) is 11.8 Å². The molecule has 11 heavy (non-hydrogen) atoms. The largest absolute Gasteiger partial charge is 0.375 e. The molecule has 1 aliphatic carbocycles. The maximum Gasteiger partial charge on any atom is 0.0791 e. The van der Waals surface area contributed by atoms with Crippen LogP contribution in [0.25, 0.3) is 0 Å². The van der Waals surface area contributed by atoms with E-state index in [1.165, 1.54) is 6.42 Å². The predicted molar refractivity (Wildman–Crippen MR) is 52.8 cm³/mol. The van der Waals surface area contributed by atoms with E-state index in [4.69, 9.17) is 12.2 Å². The van der Waals surface area contributed by atoms with E-state index in [1.54, 1.807) is 0 Å². The van der Waals surface area contributed by atoms with Gasteiger partial charge in [0.2, 0.25) is 0 Å². The number of nitrogens with one attached hydrogen (secondary N) is 1. The van der Waals surface area contributed by atoms with Gasteiger partial charge in [0, 0.05) is 11.5 Å². The number of hydrogen-bond acceptors (Lipinski definition) is 1. The molecule has 1 aliphatic rings. The number of rotatable bonds is 1. The third-order valence-corrected chi connectivity index (χ3v) is 2.35. The summed E-state index contributed by atoms with van der Waals surface area (Å²) in [4.78, 5) is 1.06. The molecule has 0 amide bonds. The van der Waals surface area contributed by atoms with Crippen molar-refractivity contribution < 1.29 is 0 Å². The fourth-order valence-corrected chi connectivity index (χ4v) is 1.78. The highest BCUT2D eigenvalue weighted by molar-refractivity contribution is 7.80. The standard InChI is InChI=1S/C9H17NS/c1-6-5-7(6)8(11)10-9(2,3)4/h6-7H,5H2,1-4H3,(H,10,11). The summed E-state index contributed by atoms with van der Waals surface area (Å²) in [6.07, 6.45) is 1.28. The highest BCUT2D eigenvalue weighted by atomic mass is 32.1. The molecule has 0 aromatic rings. The number of hydrogen-bond donors (Lipinski definition) is 1. The molecule has 1 fully saturated rings. The van der Waals surface area contributed by atoms with Crippen molar-refractivity contribution in [1.82, 2.24) is 5.32 Å². The lowest BCUT2D eigenvalue weighted by Crippen LogP contribution is -2.40. The Kier molecular flexibility index (Phi) is 2.24. The van der Waals surface area contributed by atoms with Crippen molar-refractivity contribution in [3.05, 3.63) is 0 Å². The summed E-state index contributed by atoms with van der Waals surface area (Å²) < 4.78 is 0. The Balaban J connectivity index is 2.33. The van der Waals surface area contributed by atoms with Gasteiger partial charge < -0.3 is 5.32 Å². The molecular formula is C9H17NS. The van der Waals surface area contributed by atoms with Crippen LogP contribution in [-0.4, -0.2) is 10.5 Å². The molecule has 2 atom stereocenters. The van der Waals surface area contributed by atoms with Gasteiger partial charge in [-0.05, 0) is 33.1 Å². The minimum atomic E-state index is 0.138. The van der Waals surface area contributed by atoms with Gasteiger partial charge in [0.25, 0.3) is 0 Å². The minimum Gasteiger partial charge on any atom is -0.375 e. The average molecular weight is 171 g/mol. The lowest BCUT2D eigenvalue weighted by Gasteiger charge is -2.22. The highest BCUT2D eigenvalue weighted by Gasteiger charge is 2.37. The van der Waals surface area contributed by atoms with E-state index in [9.17, 15) is 0 Å². The van der Waals surface area contributed by atoms with E-state index in [2.05, 4.69) is 33.0 Å². The molecule has 0 aromatic heterocycles. The van der Waals surface area contributed by atoms with Gasteiger partial charge in [-0.2, -0.15) is 0 Å². The Morgan fingerprint density at radius 2 is 1.91 bits per heavy atom. The molecule has 64 valence electrons. The molecule has 2 unspecified atom stereocenters. The summed E-state index contributed by atoms with van der Waals surface area (Å²) >= 11 is 5.25. The smallest absolute Gasteiger partial charge is 0.0791 e. The van der Waals surface area contributed by atoms with E-state index in [0.717, 1.165) is 10.9 Å². The Bertz CT molecular complexity index is 169. The molecule has 0 bridgehead atoms. The first-order valence-corrected chi connectivity index (χ1v) is 4.63. The van der Waals surface area contributed by atoms with Crippen LogP contribution in [0.4, 0.5) is 0 Å². The van der Waals surface area contributed by atoms with E-state index in [-0.39, 0.29) is 5.54 Å². The topological polar surface area (TPSA) is 12.0 Å². The zero-order valence-corrected chi connectivity index (χ0v) is 8.59. The van der Waals surface area contributed by atoms with Crippen molar-refractivity contribution >= 4 is 17.2 Å². The molecule has 0 aromatic carbocycles. The zero-order chi connectivity index (χ0) is 8.65. The van der Waals surface area contributed by atoms with Gasteiger partial charge in [-0.3, -0.25) is 0 Å². The second-order valence-corrected chi connectivity index (χ2v) is 5.00. The lowest BCUT2D eigenvalue weighted by atomic mass is 10.1. The van der Waals surface area contributed by atoms with Crippen LogP contribution in [0.1, 0.15) is 34.1 Å². The summed E-state index contributed by atoms with van der Waals surface area (Å²) in [5, 5.41) is 3.34. The Hall–Kier alpha value is -0.110. The second-order valence-electron chi connectivity index (χ2n) is 4.56. The normalized spacial score (nSPS) is 29.8. The van der Waals surface area contributed by atoms with Crippen LogP contribution in [0.3, 0.4) is 0 Å². The van der Waals surface area contributed by atoms with Crippen molar-refractivity contribution in [1.29, 1.82) is 0 Å². The van der Waals surface area contributed by atoms with Gasteiger partial charge in [0.15, 0.2) is 0 Å². The number of thiocarbonyl (C=S) groups is 1. The quantitative estimate of drug-likeness (QED) is 0.608. The summed E-state index contributed by atoms with van der Waals surface area (Å²) in [5.41, 5.74) is 0.138. The van der Waals surface area contributed by atoms with Crippen LogP contribution in [0.2, 0.25) is 0 Å². The highest BCUT2D eigenvalue weighted by Crippen LogP contribution is 2.38. The second kappa shape index (κ2) is 2.74. The molecule has 0 aliphatic heterocycles. The summed E-state index contributed by atoms with van der Waals surface area (Å²) in [6.45, 7) is 8.69. The van der Waals surface area contributed by atoms with Crippen LogP contribution in [-0.2, 0) is 0 Å². The van der Waals surface area contributed by atoms with Gasteiger partial charge in [-0.1, -0.05) is 19.1 Å². The average Bonchev–Trinajstić information content (AvgIpc) is 2.41. The SMILES string of the molecule is CC1CC1C(=S)NC(C)(C)C. The first-order valence-electron chi connectivity index (χ1n) is 4.22. The molecule has 0 heterocycles. The van der Waals surface area contributed by atoms with Crippen molar-refractivity contribution in [2.75, 3.05) is 0 Å². The molecular weight excluding hydrogens is 154 g/mol. The van der Waals surface area contributed by atoms with Crippen LogP contribution in [0.15, 0.2) is 0 Å². The van der Waals surface area contributed by atoms with Crippen LogP contribution >= 0.6 is 12.2 Å². The van der Waals surface area contributed by atoms with Gasteiger partial charge in [0.05, 0.1) is 4.99 Å². The van der Waals surface area contributed by atoms with Crippen LogP contribution in [0, 0.1) is 11.8 Å². The molecule has 1 rings (SSSR count). The summed E-state index contributed by atoms with van der Waals surface area (Å²) in [7, 11) is 0. The van der Waals surface area contributed by atoms with E-state index in [0.29, 0.717) is 5.92 Å². The maximum atomic E-state index is 5.25. The van der Waals surface area contributed by atoms with E-state index >= 15 is 0 Å². The predicted octanol–water partition coefficient (Wildman–Crippen LogP) is 2.36. The Morgan fingerprint density at radius 3 is 2.18 bits per heavy atom. The van der Waals surface area contributed by atoms with Gasteiger partial charge >= 0.3 is 0 Å². The third kappa shape index (κ3) is 2.78. The molecule has 1 nitrogen and oxygen atoms in total.